The van der Waals surface area contributed by atoms with E-state index in [1.807, 2.05) is 0 Å². The first-order valence-corrected chi connectivity index (χ1v) is 6.63. The van der Waals surface area contributed by atoms with E-state index in [9.17, 15) is 9.59 Å². The second-order valence-corrected chi connectivity index (χ2v) is 4.42. The second kappa shape index (κ2) is 9.23. The molecule has 21 heavy (non-hydrogen) atoms. The third kappa shape index (κ3) is 6.03. The van der Waals surface area contributed by atoms with Crippen LogP contribution in [0.25, 0.3) is 0 Å². The quantitative estimate of drug-likeness (QED) is 0.297. The van der Waals surface area contributed by atoms with Gasteiger partial charge in [0, 0.05) is 26.3 Å². The van der Waals surface area contributed by atoms with Crippen LogP contribution >= 0.6 is 0 Å². The molecule has 0 aliphatic heterocycles. The Morgan fingerprint density at radius 3 is 2.52 bits per heavy atom. The van der Waals surface area contributed by atoms with E-state index in [0.717, 1.165) is 0 Å². The lowest BCUT2D eigenvalue weighted by Gasteiger charge is -2.17. The molecule has 6 heteroatoms. The fourth-order valence-electron chi connectivity index (χ4n) is 1.46. The number of nitrogens with zero attached hydrogens (tertiary/aromatic N) is 1. The Hall–Kier alpha value is -1.76. The molecule has 0 aromatic heterocycles. The molecule has 6 nitrogen and oxygen atoms in total. The Balaban J connectivity index is 2.30. The molecule has 0 fully saturated rings. The van der Waals surface area contributed by atoms with Crippen molar-refractivity contribution in [2.75, 3.05) is 34.1 Å². The number of carbonyl (C=O) groups is 2. The lowest BCUT2D eigenvalue weighted by Crippen LogP contribution is -2.35. The van der Waals surface area contributed by atoms with Gasteiger partial charge in [0.25, 0.3) is 5.91 Å². The number of likely N-dealkylation sites (N-methyl/N-ethyl adjacent to an activating group) is 1. The zero-order valence-corrected chi connectivity index (χ0v) is 12.6. The van der Waals surface area contributed by atoms with E-state index < -0.39 is 11.7 Å². The van der Waals surface area contributed by atoms with E-state index in [4.69, 9.17) is 14.2 Å². The maximum atomic E-state index is 11.9. The SMILES string of the molecule is COC(C)OCOCCN(C)C(=O)C(=O)c1ccccc1. The summed E-state index contributed by atoms with van der Waals surface area (Å²) < 4.78 is 15.2. The first-order valence-electron chi connectivity index (χ1n) is 6.63. The third-order valence-corrected chi connectivity index (χ3v) is 2.87. The number of methoxy groups -OCH3 is 1. The average molecular weight is 295 g/mol. The molecule has 0 saturated heterocycles. The standard InChI is InChI=1S/C15H21NO5/c1-12(19-3)21-11-20-10-9-16(2)15(18)14(17)13-7-5-4-6-8-13/h4-8,12H,9-11H2,1-3H3. The topological polar surface area (TPSA) is 65.1 Å². The van der Waals surface area contributed by atoms with Gasteiger partial charge in [-0.05, 0) is 6.92 Å². The zero-order chi connectivity index (χ0) is 15.7. The van der Waals surface area contributed by atoms with Crippen molar-refractivity contribution in [2.45, 2.75) is 13.2 Å². The lowest BCUT2D eigenvalue weighted by molar-refractivity contribution is -0.175. The van der Waals surface area contributed by atoms with Crippen molar-refractivity contribution in [1.82, 2.24) is 4.90 Å². The van der Waals surface area contributed by atoms with Crippen LogP contribution in [0.5, 0.6) is 0 Å². The van der Waals surface area contributed by atoms with Gasteiger partial charge >= 0.3 is 0 Å². The van der Waals surface area contributed by atoms with Crippen molar-refractivity contribution >= 4 is 11.7 Å². The zero-order valence-electron chi connectivity index (χ0n) is 12.6. The predicted molar refractivity (Wildman–Crippen MR) is 76.8 cm³/mol. The van der Waals surface area contributed by atoms with Gasteiger partial charge in [-0.25, -0.2) is 0 Å². The lowest BCUT2D eigenvalue weighted by atomic mass is 10.1. The maximum absolute atomic E-state index is 11.9. The molecule has 0 aliphatic carbocycles. The molecule has 0 N–H and O–H groups in total. The smallest absolute Gasteiger partial charge is 0.294 e. The number of rotatable bonds is 9. The van der Waals surface area contributed by atoms with Crippen molar-refractivity contribution < 1.29 is 23.8 Å². The summed E-state index contributed by atoms with van der Waals surface area (Å²) in [5.74, 6) is -1.08. The van der Waals surface area contributed by atoms with Gasteiger partial charge in [0.15, 0.2) is 6.29 Å². The Morgan fingerprint density at radius 2 is 1.90 bits per heavy atom. The molecule has 1 amide bonds. The summed E-state index contributed by atoms with van der Waals surface area (Å²) in [4.78, 5) is 25.2. The first kappa shape index (κ1) is 17.3. The highest BCUT2D eigenvalue weighted by molar-refractivity contribution is 6.42. The minimum absolute atomic E-state index is 0.0731. The van der Waals surface area contributed by atoms with Crippen molar-refractivity contribution in [2.24, 2.45) is 0 Å². The molecular weight excluding hydrogens is 274 g/mol. The van der Waals surface area contributed by atoms with Gasteiger partial charge in [-0.15, -0.1) is 0 Å². The highest BCUT2D eigenvalue weighted by Gasteiger charge is 2.19. The van der Waals surface area contributed by atoms with Crippen LogP contribution in [0.4, 0.5) is 0 Å². The van der Waals surface area contributed by atoms with E-state index in [-0.39, 0.29) is 19.7 Å². The van der Waals surface area contributed by atoms with Gasteiger partial charge in [-0.3, -0.25) is 9.59 Å². The van der Waals surface area contributed by atoms with Crippen LogP contribution in [0.15, 0.2) is 30.3 Å². The predicted octanol–water partition coefficient (Wildman–Crippen LogP) is 1.31. The normalized spacial score (nSPS) is 12.0. The summed E-state index contributed by atoms with van der Waals surface area (Å²) >= 11 is 0. The van der Waals surface area contributed by atoms with Crippen LogP contribution in [0.2, 0.25) is 0 Å². The number of hydrogen-bond acceptors (Lipinski definition) is 5. The minimum Gasteiger partial charge on any atom is -0.356 e. The van der Waals surface area contributed by atoms with Gasteiger partial charge < -0.3 is 19.1 Å². The molecule has 1 aromatic rings. The monoisotopic (exact) mass is 295 g/mol. The van der Waals surface area contributed by atoms with Gasteiger partial charge in [0.1, 0.15) is 6.79 Å². The number of carbonyl (C=O) groups excluding carboxylic acids is 2. The molecule has 1 unspecified atom stereocenters. The third-order valence-electron chi connectivity index (χ3n) is 2.87. The summed E-state index contributed by atoms with van der Waals surface area (Å²) in [6.07, 6.45) is -0.344. The average Bonchev–Trinajstić information content (AvgIpc) is 2.53. The Morgan fingerprint density at radius 1 is 1.24 bits per heavy atom. The summed E-state index contributed by atoms with van der Waals surface area (Å²) in [5, 5.41) is 0. The van der Waals surface area contributed by atoms with Gasteiger partial charge in [-0.1, -0.05) is 30.3 Å². The number of amides is 1. The fraction of sp³-hybridized carbons (Fsp3) is 0.467. The highest BCUT2D eigenvalue weighted by Crippen LogP contribution is 2.02. The van der Waals surface area contributed by atoms with E-state index in [1.54, 1.807) is 44.3 Å². The molecule has 1 atom stereocenters. The van der Waals surface area contributed by atoms with Crippen LogP contribution in [0.1, 0.15) is 17.3 Å². The molecular formula is C15H21NO5. The molecule has 1 aromatic carbocycles. The Kier molecular flexibility index (Phi) is 7.60. The van der Waals surface area contributed by atoms with Gasteiger partial charge in [0.05, 0.1) is 6.61 Å². The van der Waals surface area contributed by atoms with E-state index in [1.165, 1.54) is 12.0 Å². The van der Waals surface area contributed by atoms with Crippen LogP contribution in [0, 0.1) is 0 Å². The molecule has 0 saturated carbocycles. The molecule has 116 valence electrons. The van der Waals surface area contributed by atoms with Gasteiger partial charge in [0.2, 0.25) is 5.78 Å². The maximum Gasteiger partial charge on any atom is 0.294 e. The number of benzene rings is 1. The molecule has 1 rings (SSSR count). The van der Waals surface area contributed by atoms with E-state index >= 15 is 0 Å². The van der Waals surface area contributed by atoms with Crippen LogP contribution < -0.4 is 0 Å². The largest absolute Gasteiger partial charge is 0.356 e. The number of Topliss-reactive ketones (excluding diaryl/α,β-unsaturated/α-hetero) is 1. The minimum atomic E-state index is -0.559. The molecule has 0 aliphatic rings. The summed E-state index contributed by atoms with van der Waals surface area (Å²) in [7, 11) is 3.09. The summed E-state index contributed by atoms with van der Waals surface area (Å²) in [5.41, 5.74) is 0.382. The summed E-state index contributed by atoms with van der Waals surface area (Å²) in [6.45, 7) is 2.41. The van der Waals surface area contributed by atoms with Crippen LogP contribution in [-0.2, 0) is 19.0 Å². The second-order valence-electron chi connectivity index (χ2n) is 4.42. The fourth-order valence-corrected chi connectivity index (χ4v) is 1.46. The first-order chi connectivity index (χ1) is 10.1. The summed E-state index contributed by atoms with van der Waals surface area (Å²) in [6, 6.07) is 8.46. The molecule has 0 spiro atoms. The van der Waals surface area contributed by atoms with Crippen molar-refractivity contribution in [1.29, 1.82) is 0 Å². The number of hydrogen-bond donors (Lipinski definition) is 0. The number of ketones is 1. The molecule has 0 heterocycles. The molecule has 0 bridgehead atoms. The van der Waals surface area contributed by atoms with Crippen LogP contribution in [0.3, 0.4) is 0 Å². The van der Waals surface area contributed by atoms with Crippen molar-refractivity contribution in [3.05, 3.63) is 35.9 Å². The van der Waals surface area contributed by atoms with Crippen molar-refractivity contribution in [3.63, 3.8) is 0 Å². The molecule has 0 radical (unpaired) electrons. The van der Waals surface area contributed by atoms with Crippen molar-refractivity contribution in [3.8, 4) is 0 Å². The van der Waals surface area contributed by atoms with E-state index in [2.05, 4.69) is 0 Å². The van der Waals surface area contributed by atoms with E-state index in [0.29, 0.717) is 12.1 Å². The Labute approximate surface area is 124 Å². The highest BCUT2D eigenvalue weighted by atomic mass is 16.7. The Bertz CT molecular complexity index is 449. The van der Waals surface area contributed by atoms with Gasteiger partial charge in [-0.2, -0.15) is 0 Å². The van der Waals surface area contributed by atoms with Crippen LogP contribution in [-0.4, -0.2) is 57.0 Å². The number of ether oxygens (including phenoxy) is 3.